The van der Waals surface area contributed by atoms with E-state index in [1.165, 1.54) is 0 Å². The van der Waals surface area contributed by atoms with Gasteiger partial charge in [0, 0.05) is 6.54 Å². The van der Waals surface area contributed by atoms with Crippen LogP contribution in [0.5, 0.6) is 0 Å². The summed E-state index contributed by atoms with van der Waals surface area (Å²) >= 11 is 0. The van der Waals surface area contributed by atoms with E-state index in [1.807, 2.05) is 20.8 Å². The van der Waals surface area contributed by atoms with Gasteiger partial charge < -0.3 is 16.2 Å². The summed E-state index contributed by atoms with van der Waals surface area (Å²) in [4.78, 5) is 22.8. The summed E-state index contributed by atoms with van der Waals surface area (Å²) in [5.41, 5.74) is 5.54. The van der Waals surface area contributed by atoms with Gasteiger partial charge in [0.25, 0.3) is 0 Å². The summed E-state index contributed by atoms with van der Waals surface area (Å²) in [6.45, 7) is 6.16. The zero-order chi connectivity index (χ0) is 13.4. The van der Waals surface area contributed by atoms with E-state index >= 15 is 0 Å². The highest BCUT2D eigenvalue weighted by Gasteiger charge is 2.24. The van der Waals surface area contributed by atoms with Crippen LogP contribution in [-0.4, -0.2) is 29.6 Å². The molecule has 5 heteroatoms. The first-order valence-corrected chi connectivity index (χ1v) is 6.15. The number of carboxylic acid groups (broad SMARTS) is 1. The van der Waals surface area contributed by atoms with Gasteiger partial charge >= 0.3 is 5.97 Å². The van der Waals surface area contributed by atoms with Crippen LogP contribution in [0.1, 0.15) is 40.0 Å². The molecule has 0 radical (unpaired) electrons. The molecule has 1 unspecified atom stereocenters. The first-order valence-electron chi connectivity index (χ1n) is 6.15. The lowest BCUT2D eigenvalue weighted by Crippen LogP contribution is -2.45. The Balaban J connectivity index is 4.40. The molecule has 0 aromatic carbocycles. The third kappa shape index (κ3) is 6.26. The van der Waals surface area contributed by atoms with Crippen molar-refractivity contribution in [1.29, 1.82) is 0 Å². The molecule has 1 amide bonds. The molecule has 0 aliphatic heterocycles. The van der Waals surface area contributed by atoms with Crippen molar-refractivity contribution in [2.24, 2.45) is 17.6 Å². The van der Waals surface area contributed by atoms with Gasteiger partial charge in [-0.3, -0.25) is 4.79 Å². The largest absolute Gasteiger partial charge is 0.480 e. The van der Waals surface area contributed by atoms with Crippen LogP contribution in [0.2, 0.25) is 0 Å². The molecule has 0 fully saturated rings. The number of carbonyl (C=O) groups excluding carboxylic acids is 1. The fourth-order valence-electron chi connectivity index (χ4n) is 1.71. The highest BCUT2D eigenvalue weighted by atomic mass is 16.4. The number of amides is 1. The standard InChI is InChI=1S/C12H24N2O3/c1-4-5-10(12(16)17)14-11(15)9(7-13)6-8(2)3/h8-10H,4-7,13H2,1-3H3,(H,14,15)(H,16,17)/t9?,10-/m0/s1. The molecule has 17 heavy (non-hydrogen) atoms. The van der Waals surface area contributed by atoms with Crippen LogP contribution in [0.4, 0.5) is 0 Å². The van der Waals surface area contributed by atoms with Crippen LogP contribution in [-0.2, 0) is 9.59 Å². The monoisotopic (exact) mass is 244 g/mol. The molecule has 5 nitrogen and oxygen atoms in total. The second-order valence-electron chi connectivity index (χ2n) is 4.75. The number of carbonyl (C=O) groups is 2. The number of carboxylic acids is 1. The second kappa shape index (κ2) is 8.06. The van der Waals surface area contributed by atoms with Crippen molar-refractivity contribution < 1.29 is 14.7 Å². The van der Waals surface area contributed by atoms with E-state index in [2.05, 4.69) is 5.32 Å². The van der Waals surface area contributed by atoms with Crippen molar-refractivity contribution >= 4 is 11.9 Å². The Kier molecular flexibility index (Phi) is 7.54. The maximum absolute atomic E-state index is 11.8. The molecule has 0 aromatic heterocycles. The quantitative estimate of drug-likeness (QED) is 0.593. The summed E-state index contributed by atoms with van der Waals surface area (Å²) in [7, 11) is 0. The van der Waals surface area contributed by atoms with Gasteiger partial charge in [-0.1, -0.05) is 27.2 Å². The summed E-state index contributed by atoms with van der Waals surface area (Å²) in [5.74, 6) is -1.17. The summed E-state index contributed by atoms with van der Waals surface area (Å²) < 4.78 is 0. The Bertz CT molecular complexity index is 254. The molecule has 0 saturated heterocycles. The fraction of sp³-hybridized carbons (Fsp3) is 0.833. The number of hydrogen-bond donors (Lipinski definition) is 3. The van der Waals surface area contributed by atoms with Gasteiger partial charge in [0.1, 0.15) is 6.04 Å². The van der Waals surface area contributed by atoms with Crippen molar-refractivity contribution in [3.8, 4) is 0 Å². The van der Waals surface area contributed by atoms with Crippen LogP contribution < -0.4 is 11.1 Å². The number of hydrogen-bond acceptors (Lipinski definition) is 3. The van der Waals surface area contributed by atoms with E-state index in [0.717, 1.165) is 0 Å². The Morgan fingerprint density at radius 2 is 1.94 bits per heavy atom. The Hall–Kier alpha value is -1.10. The highest BCUT2D eigenvalue weighted by molar-refractivity contribution is 5.85. The van der Waals surface area contributed by atoms with Crippen molar-refractivity contribution in [2.45, 2.75) is 46.1 Å². The minimum absolute atomic E-state index is 0.248. The third-order valence-electron chi connectivity index (χ3n) is 2.60. The molecular weight excluding hydrogens is 220 g/mol. The molecule has 0 aromatic rings. The van der Waals surface area contributed by atoms with E-state index in [4.69, 9.17) is 10.8 Å². The Morgan fingerprint density at radius 1 is 1.35 bits per heavy atom. The molecular formula is C12H24N2O3. The Morgan fingerprint density at radius 3 is 2.29 bits per heavy atom. The lowest BCUT2D eigenvalue weighted by Gasteiger charge is -2.20. The van der Waals surface area contributed by atoms with E-state index in [1.54, 1.807) is 0 Å². The zero-order valence-electron chi connectivity index (χ0n) is 10.9. The molecule has 0 rings (SSSR count). The molecule has 0 saturated carbocycles. The molecule has 4 N–H and O–H groups in total. The average Bonchev–Trinajstić information content (AvgIpc) is 2.24. The van der Waals surface area contributed by atoms with E-state index in [-0.39, 0.29) is 18.4 Å². The number of nitrogens with one attached hydrogen (secondary N) is 1. The summed E-state index contributed by atoms with van der Waals surface area (Å²) in [6.07, 6.45) is 1.84. The molecule has 0 heterocycles. The molecule has 100 valence electrons. The van der Waals surface area contributed by atoms with Gasteiger partial charge in [-0.2, -0.15) is 0 Å². The van der Waals surface area contributed by atoms with Crippen molar-refractivity contribution in [1.82, 2.24) is 5.32 Å². The van der Waals surface area contributed by atoms with Crippen molar-refractivity contribution in [3.05, 3.63) is 0 Å². The Labute approximate surface area is 103 Å². The third-order valence-corrected chi connectivity index (χ3v) is 2.60. The van der Waals surface area contributed by atoms with E-state index < -0.39 is 12.0 Å². The normalized spacial score (nSPS) is 14.4. The molecule has 0 spiro atoms. The number of aliphatic carboxylic acids is 1. The number of nitrogens with two attached hydrogens (primary N) is 1. The fourth-order valence-corrected chi connectivity index (χ4v) is 1.71. The van der Waals surface area contributed by atoms with Crippen LogP contribution in [0.3, 0.4) is 0 Å². The first-order chi connectivity index (χ1) is 7.92. The van der Waals surface area contributed by atoms with Gasteiger partial charge in [-0.15, -0.1) is 0 Å². The zero-order valence-corrected chi connectivity index (χ0v) is 10.9. The van der Waals surface area contributed by atoms with Crippen LogP contribution in [0, 0.1) is 11.8 Å². The minimum atomic E-state index is -0.986. The summed E-state index contributed by atoms with van der Waals surface area (Å²) in [6, 6.07) is -0.797. The van der Waals surface area contributed by atoms with E-state index in [0.29, 0.717) is 25.2 Å². The van der Waals surface area contributed by atoms with Gasteiger partial charge in [0.2, 0.25) is 5.91 Å². The van der Waals surface area contributed by atoms with Crippen molar-refractivity contribution in [3.63, 3.8) is 0 Å². The maximum atomic E-state index is 11.8. The lowest BCUT2D eigenvalue weighted by atomic mass is 9.96. The van der Waals surface area contributed by atoms with Crippen molar-refractivity contribution in [2.75, 3.05) is 6.54 Å². The van der Waals surface area contributed by atoms with E-state index in [9.17, 15) is 9.59 Å². The van der Waals surface area contributed by atoms with Gasteiger partial charge in [-0.05, 0) is 18.8 Å². The number of rotatable bonds is 8. The van der Waals surface area contributed by atoms with Crippen LogP contribution >= 0.6 is 0 Å². The highest BCUT2D eigenvalue weighted by Crippen LogP contribution is 2.11. The SMILES string of the molecule is CCC[C@H](NC(=O)C(CN)CC(C)C)C(=O)O. The van der Waals surface area contributed by atoms with Crippen LogP contribution in [0.15, 0.2) is 0 Å². The summed E-state index contributed by atoms with van der Waals surface area (Å²) in [5, 5.41) is 11.5. The van der Waals surface area contributed by atoms with Gasteiger partial charge in [-0.25, -0.2) is 4.79 Å². The first kappa shape index (κ1) is 15.9. The predicted octanol–water partition coefficient (Wildman–Crippen LogP) is 0.977. The average molecular weight is 244 g/mol. The predicted molar refractivity (Wildman–Crippen MR) is 66.5 cm³/mol. The molecule has 0 aliphatic rings. The lowest BCUT2D eigenvalue weighted by molar-refractivity contribution is -0.142. The minimum Gasteiger partial charge on any atom is -0.480 e. The topological polar surface area (TPSA) is 92.4 Å². The molecule has 0 aliphatic carbocycles. The van der Waals surface area contributed by atoms with Gasteiger partial charge in [0.05, 0.1) is 5.92 Å². The smallest absolute Gasteiger partial charge is 0.326 e. The second-order valence-corrected chi connectivity index (χ2v) is 4.75. The maximum Gasteiger partial charge on any atom is 0.326 e. The molecule has 2 atom stereocenters. The van der Waals surface area contributed by atoms with Gasteiger partial charge in [0.15, 0.2) is 0 Å². The molecule has 0 bridgehead atoms. The van der Waals surface area contributed by atoms with Crippen LogP contribution in [0.25, 0.3) is 0 Å².